The number of morpholine rings is 1. The van der Waals surface area contributed by atoms with Crippen LogP contribution in [0.3, 0.4) is 0 Å². The van der Waals surface area contributed by atoms with Gasteiger partial charge in [-0.25, -0.2) is 0 Å². The summed E-state index contributed by atoms with van der Waals surface area (Å²) >= 11 is 0. The average molecular weight is 319 g/mol. The summed E-state index contributed by atoms with van der Waals surface area (Å²) in [6.07, 6.45) is -5.79. The van der Waals surface area contributed by atoms with E-state index in [1.54, 1.807) is 0 Å². The zero-order valence-electron chi connectivity index (χ0n) is 11.2. The Morgan fingerprint density at radius 3 is 2.68 bits per heavy atom. The average Bonchev–Trinajstić information content (AvgIpc) is 2.45. The van der Waals surface area contributed by atoms with Crippen LogP contribution in [0.2, 0.25) is 0 Å². The Bertz CT molecular complexity index is 606. The monoisotopic (exact) mass is 319 g/mol. The van der Waals surface area contributed by atoms with E-state index in [0.717, 1.165) is 12.1 Å². The van der Waals surface area contributed by atoms with Gasteiger partial charge < -0.3 is 15.4 Å². The summed E-state index contributed by atoms with van der Waals surface area (Å²) < 4.78 is 44.5. The number of nitrogens with two attached hydrogens (primary N) is 1. The molecule has 1 amide bonds. The topological polar surface area (TPSA) is 98.7 Å². The zero-order valence-corrected chi connectivity index (χ0v) is 11.2. The fourth-order valence-electron chi connectivity index (χ4n) is 2.18. The molecule has 7 nitrogen and oxygen atoms in total. The minimum Gasteiger partial charge on any atom is -0.367 e. The Balaban J connectivity index is 2.41. The standard InChI is InChI=1S/C12H12F3N3O4/c13-12(14,15)8-5-7(18(20)21)1-2-9(8)17-3-4-22-10(6-17)11(16)19/h1-2,5,10H,3-4,6H2,(H2,16,19). The van der Waals surface area contributed by atoms with Gasteiger partial charge in [-0.1, -0.05) is 0 Å². The zero-order chi connectivity index (χ0) is 16.5. The Morgan fingerprint density at radius 1 is 1.45 bits per heavy atom. The van der Waals surface area contributed by atoms with Crippen molar-refractivity contribution in [3.8, 4) is 0 Å². The number of carbonyl (C=O) groups is 1. The maximum Gasteiger partial charge on any atom is 0.418 e. The quantitative estimate of drug-likeness (QED) is 0.669. The molecule has 1 aromatic carbocycles. The molecule has 0 aliphatic carbocycles. The van der Waals surface area contributed by atoms with Crippen LogP contribution in [-0.4, -0.2) is 36.6 Å². The van der Waals surface area contributed by atoms with E-state index in [-0.39, 0.29) is 25.4 Å². The van der Waals surface area contributed by atoms with E-state index in [1.165, 1.54) is 4.90 Å². The first kappa shape index (κ1) is 16.0. The van der Waals surface area contributed by atoms with Crippen LogP contribution in [0.5, 0.6) is 0 Å². The lowest BCUT2D eigenvalue weighted by molar-refractivity contribution is -0.385. The number of primary amides is 1. The number of ether oxygens (including phenoxy) is 1. The van der Waals surface area contributed by atoms with Crippen molar-refractivity contribution in [3.05, 3.63) is 33.9 Å². The molecular formula is C12H12F3N3O4. The molecule has 1 atom stereocenters. The summed E-state index contributed by atoms with van der Waals surface area (Å²) in [5.74, 6) is -0.778. The second kappa shape index (κ2) is 5.79. The number of nitro groups is 1. The second-order valence-corrected chi connectivity index (χ2v) is 4.66. The number of nitro benzene ring substituents is 1. The summed E-state index contributed by atoms with van der Waals surface area (Å²) in [5, 5.41) is 10.7. The van der Waals surface area contributed by atoms with Crippen molar-refractivity contribution in [2.45, 2.75) is 12.3 Å². The van der Waals surface area contributed by atoms with Gasteiger partial charge in [0, 0.05) is 24.4 Å². The van der Waals surface area contributed by atoms with E-state index in [0.29, 0.717) is 6.07 Å². The van der Waals surface area contributed by atoms with E-state index in [9.17, 15) is 28.1 Å². The predicted octanol–water partition coefficient (Wildman–Crippen LogP) is 1.30. The molecule has 0 aromatic heterocycles. The molecule has 1 aliphatic heterocycles. The van der Waals surface area contributed by atoms with Gasteiger partial charge in [0.15, 0.2) is 6.10 Å². The number of anilines is 1. The van der Waals surface area contributed by atoms with Crippen LogP contribution >= 0.6 is 0 Å². The van der Waals surface area contributed by atoms with Gasteiger partial charge in [-0.2, -0.15) is 13.2 Å². The lowest BCUT2D eigenvalue weighted by Crippen LogP contribution is -2.48. The first-order chi connectivity index (χ1) is 10.2. The van der Waals surface area contributed by atoms with Crippen LogP contribution in [0.25, 0.3) is 0 Å². The van der Waals surface area contributed by atoms with Crippen LogP contribution in [-0.2, 0) is 15.7 Å². The number of alkyl halides is 3. The summed E-state index contributed by atoms with van der Waals surface area (Å²) in [5.41, 5.74) is 3.06. The lowest BCUT2D eigenvalue weighted by atomic mass is 10.1. The largest absolute Gasteiger partial charge is 0.418 e. The van der Waals surface area contributed by atoms with Crippen molar-refractivity contribution in [1.29, 1.82) is 0 Å². The molecule has 1 saturated heterocycles. The number of hydrogen-bond acceptors (Lipinski definition) is 5. The highest BCUT2D eigenvalue weighted by atomic mass is 19.4. The Hall–Kier alpha value is -2.36. The van der Waals surface area contributed by atoms with Gasteiger partial charge >= 0.3 is 6.18 Å². The molecule has 0 saturated carbocycles. The van der Waals surface area contributed by atoms with Gasteiger partial charge in [0.1, 0.15) is 0 Å². The number of benzene rings is 1. The fraction of sp³-hybridized carbons (Fsp3) is 0.417. The number of amides is 1. The van der Waals surface area contributed by atoms with Gasteiger partial charge in [-0.05, 0) is 6.07 Å². The maximum absolute atomic E-state index is 13.1. The van der Waals surface area contributed by atoms with Crippen LogP contribution in [0.15, 0.2) is 18.2 Å². The normalized spacial score (nSPS) is 19.0. The Labute approximate surface area is 122 Å². The van der Waals surface area contributed by atoms with Crippen molar-refractivity contribution in [2.75, 3.05) is 24.6 Å². The van der Waals surface area contributed by atoms with Crippen molar-refractivity contribution in [3.63, 3.8) is 0 Å². The fourth-order valence-corrected chi connectivity index (χ4v) is 2.18. The van der Waals surface area contributed by atoms with E-state index < -0.39 is 34.4 Å². The van der Waals surface area contributed by atoms with Crippen LogP contribution in [0, 0.1) is 10.1 Å². The lowest BCUT2D eigenvalue weighted by Gasteiger charge is -2.34. The number of carbonyl (C=O) groups excluding carboxylic acids is 1. The number of non-ortho nitro benzene ring substituents is 1. The van der Waals surface area contributed by atoms with Gasteiger partial charge in [-0.3, -0.25) is 14.9 Å². The van der Waals surface area contributed by atoms with E-state index >= 15 is 0 Å². The van der Waals surface area contributed by atoms with Crippen molar-refractivity contribution < 1.29 is 27.6 Å². The molecule has 22 heavy (non-hydrogen) atoms. The summed E-state index contributed by atoms with van der Waals surface area (Å²) in [6, 6.07) is 2.48. The minimum atomic E-state index is -4.76. The third-order valence-electron chi connectivity index (χ3n) is 3.22. The van der Waals surface area contributed by atoms with E-state index in [4.69, 9.17) is 10.5 Å². The second-order valence-electron chi connectivity index (χ2n) is 4.66. The highest BCUT2D eigenvalue weighted by Gasteiger charge is 2.38. The van der Waals surface area contributed by atoms with Gasteiger partial charge in [0.2, 0.25) is 5.91 Å². The Kier molecular flexibility index (Phi) is 4.22. The molecule has 0 spiro atoms. The third kappa shape index (κ3) is 3.27. The van der Waals surface area contributed by atoms with E-state index in [1.807, 2.05) is 0 Å². The maximum atomic E-state index is 13.1. The summed E-state index contributed by atoms with van der Waals surface area (Å²) in [6.45, 7) is 0.00276. The molecule has 2 N–H and O–H groups in total. The number of hydrogen-bond donors (Lipinski definition) is 1. The van der Waals surface area contributed by atoms with Crippen molar-refractivity contribution >= 4 is 17.3 Å². The molecule has 1 fully saturated rings. The summed E-state index contributed by atoms with van der Waals surface area (Å²) in [7, 11) is 0. The molecule has 1 unspecified atom stereocenters. The Morgan fingerprint density at radius 2 is 2.14 bits per heavy atom. The van der Waals surface area contributed by atoms with E-state index in [2.05, 4.69) is 0 Å². The first-order valence-electron chi connectivity index (χ1n) is 6.21. The smallest absolute Gasteiger partial charge is 0.367 e. The first-order valence-corrected chi connectivity index (χ1v) is 6.21. The minimum absolute atomic E-state index is 0.0297. The highest BCUT2D eigenvalue weighted by Crippen LogP contribution is 2.39. The molecule has 0 bridgehead atoms. The predicted molar refractivity (Wildman–Crippen MR) is 69.2 cm³/mol. The van der Waals surface area contributed by atoms with Crippen LogP contribution in [0.1, 0.15) is 5.56 Å². The van der Waals surface area contributed by atoms with Crippen molar-refractivity contribution in [2.24, 2.45) is 5.73 Å². The molecule has 1 aromatic rings. The third-order valence-corrected chi connectivity index (χ3v) is 3.22. The number of rotatable bonds is 3. The SMILES string of the molecule is NC(=O)C1CN(c2ccc([N+](=O)[O-])cc2C(F)(F)F)CCO1. The molecule has 2 rings (SSSR count). The van der Waals surface area contributed by atoms with Gasteiger partial charge in [-0.15, -0.1) is 0 Å². The molecule has 0 radical (unpaired) electrons. The number of nitrogens with zero attached hydrogens (tertiary/aromatic N) is 2. The van der Waals surface area contributed by atoms with Gasteiger partial charge in [0.25, 0.3) is 5.69 Å². The van der Waals surface area contributed by atoms with Gasteiger partial charge in [0.05, 0.1) is 23.6 Å². The van der Waals surface area contributed by atoms with Crippen LogP contribution in [0.4, 0.5) is 24.5 Å². The van der Waals surface area contributed by atoms with Crippen molar-refractivity contribution in [1.82, 2.24) is 0 Å². The molecular weight excluding hydrogens is 307 g/mol. The molecule has 10 heteroatoms. The summed E-state index contributed by atoms with van der Waals surface area (Å²) in [4.78, 5) is 22.2. The molecule has 120 valence electrons. The molecule has 1 heterocycles. The highest BCUT2D eigenvalue weighted by molar-refractivity contribution is 5.80. The molecule has 1 aliphatic rings. The van der Waals surface area contributed by atoms with Crippen LogP contribution < -0.4 is 10.6 Å². The number of halogens is 3.